The number of rotatable bonds is 4. The number of benzene rings is 1. The van der Waals surface area contributed by atoms with E-state index in [9.17, 15) is 9.18 Å². The third kappa shape index (κ3) is 6.11. The second-order valence-corrected chi connectivity index (χ2v) is 7.89. The van der Waals surface area contributed by atoms with Crippen molar-refractivity contribution in [1.29, 1.82) is 0 Å². The highest BCUT2D eigenvalue weighted by Gasteiger charge is 2.27. The summed E-state index contributed by atoms with van der Waals surface area (Å²) in [4.78, 5) is 11.8. The maximum atomic E-state index is 13.7. The first-order chi connectivity index (χ1) is 10.7. The van der Waals surface area contributed by atoms with Crippen molar-refractivity contribution in [2.45, 2.75) is 64.3 Å². The monoisotopic (exact) mass is 386 g/mol. The second kappa shape index (κ2) is 7.62. The largest absolute Gasteiger partial charge is 0.444 e. The molecular formula is C17H24BrFN2O2. The first-order valence-electron chi connectivity index (χ1n) is 7.90. The van der Waals surface area contributed by atoms with E-state index in [2.05, 4.69) is 26.6 Å². The van der Waals surface area contributed by atoms with Gasteiger partial charge in [0, 0.05) is 28.7 Å². The van der Waals surface area contributed by atoms with Crippen LogP contribution in [0.4, 0.5) is 9.18 Å². The smallest absolute Gasteiger partial charge is 0.407 e. The number of carbonyl (C=O) groups is 1. The Labute approximate surface area is 145 Å². The number of hydrogen-bond donors (Lipinski definition) is 2. The minimum atomic E-state index is -0.488. The summed E-state index contributed by atoms with van der Waals surface area (Å²) in [6.07, 6.45) is 2.31. The van der Waals surface area contributed by atoms with Gasteiger partial charge in [0.25, 0.3) is 0 Å². The molecule has 23 heavy (non-hydrogen) atoms. The Kier molecular flexibility index (Phi) is 6.03. The summed E-state index contributed by atoms with van der Waals surface area (Å²) in [6.45, 7) is 6.02. The lowest BCUT2D eigenvalue weighted by atomic mass is 10.2. The lowest BCUT2D eigenvalue weighted by Crippen LogP contribution is -2.39. The molecule has 0 saturated heterocycles. The van der Waals surface area contributed by atoms with Crippen molar-refractivity contribution in [3.05, 3.63) is 34.1 Å². The molecular weight excluding hydrogens is 363 g/mol. The van der Waals surface area contributed by atoms with Gasteiger partial charge in [0.05, 0.1) is 0 Å². The maximum Gasteiger partial charge on any atom is 0.407 e. The van der Waals surface area contributed by atoms with Gasteiger partial charge in [-0.3, -0.25) is 0 Å². The summed E-state index contributed by atoms with van der Waals surface area (Å²) in [6, 6.07) is 5.31. The zero-order valence-electron chi connectivity index (χ0n) is 13.8. The molecule has 1 aromatic rings. The van der Waals surface area contributed by atoms with Crippen LogP contribution in [0.25, 0.3) is 0 Å². The molecule has 1 aromatic carbocycles. The zero-order valence-corrected chi connectivity index (χ0v) is 15.4. The molecule has 2 N–H and O–H groups in total. The van der Waals surface area contributed by atoms with E-state index in [0.29, 0.717) is 12.1 Å². The molecule has 2 unspecified atom stereocenters. The fourth-order valence-electron chi connectivity index (χ4n) is 2.71. The Hall–Kier alpha value is -1.14. The quantitative estimate of drug-likeness (QED) is 0.817. The predicted molar refractivity (Wildman–Crippen MR) is 91.7 cm³/mol. The van der Waals surface area contributed by atoms with Gasteiger partial charge in [0.1, 0.15) is 11.4 Å². The van der Waals surface area contributed by atoms with Crippen molar-refractivity contribution >= 4 is 22.0 Å². The first kappa shape index (κ1) is 18.2. The number of halogens is 2. The van der Waals surface area contributed by atoms with Crippen LogP contribution >= 0.6 is 15.9 Å². The molecule has 0 aliphatic heterocycles. The number of hydrogen-bond acceptors (Lipinski definition) is 3. The molecule has 1 amide bonds. The van der Waals surface area contributed by atoms with Crippen LogP contribution in [0.2, 0.25) is 0 Å². The Morgan fingerprint density at radius 1 is 1.35 bits per heavy atom. The summed E-state index contributed by atoms with van der Waals surface area (Å²) >= 11 is 3.35. The van der Waals surface area contributed by atoms with E-state index in [0.717, 1.165) is 23.7 Å². The van der Waals surface area contributed by atoms with Crippen LogP contribution < -0.4 is 10.6 Å². The van der Waals surface area contributed by atoms with Gasteiger partial charge in [-0.25, -0.2) is 9.18 Å². The van der Waals surface area contributed by atoms with Crippen LogP contribution in [0.3, 0.4) is 0 Å². The molecule has 128 valence electrons. The average Bonchev–Trinajstić information content (AvgIpc) is 2.85. The molecule has 1 saturated carbocycles. The van der Waals surface area contributed by atoms with Crippen molar-refractivity contribution in [2.24, 2.45) is 0 Å². The minimum Gasteiger partial charge on any atom is -0.444 e. The highest BCUT2D eigenvalue weighted by molar-refractivity contribution is 9.10. The van der Waals surface area contributed by atoms with Crippen molar-refractivity contribution < 1.29 is 13.9 Å². The average molecular weight is 387 g/mol. The van der Waals surface area contributed by atoms with E-state index >= 15 is 0 Å². The van der Waals surface area contributed by atoms with Crippen LogP contribution in [0.5, 0.6) is 0 Å². The molecule has 0 heterocycles. The highest BCUT2D eigenvalue weighted by Crippen LogP contribution is 2.21. The molecule has 6 heteroatoms. The predicted octanol–water partition coefficient (Wildman–Crippen LogP) is 4.12. The first-order valence-corrected chi connectivity index (χ1v) is 8.69. The molecule has 1 aliphatic rings. The summed E-state index contributed by atoms with van der Waals surface area (Å²) in [5.41, 5.74) is 0.154. The van der Waals surface area contributed by atoms with Gasteiger partial charge in [-0.05, 0) is 58.2 Å². The third-order valence-electron chi connectivity index (χ3n) is 3.74. The number of amides is 1. The fraction of sp³-hybridized carbons (Fsp3) is 0.588. The van der Waals surface area contributed by atoms with Crippen LogP contribution in [0.1, 0.15) is 45.6 Å². The highest BCUT2D eigenvalue weighted by atomic mass is 79.9. The van der Waals surface area contributed by atoms with E-state index in [4.69, 9.17) is 4.74 Å². The summed E-state index contributed by atoms with van der Waals surface area (Å²) < 4.78 is 19.9. The normalized spacial score (nSPS) is 21.3. The van der Waals surface area contributed by atoms with Crippen LogP contribution in [0, 0.1) is 5.82 Å². The molecule has 2 atom stereocenters. The van der Waals surface area contributed by atoms with Gasteiger partial charge in [0.2, 0.25) is 0 Å². The van der Waals surface area contributed by atoms with Crippen LogP contribution in [-0.4, -0.2) is 23.8 Å². The van der Waals surface area contributed by atoms with E-state index in [1.165, 1.54) is 6.07 Å². The molecule has 0 bridgehead atoms. The Balaban J connectivity index is 1.77. The summed E-state index contributed by atoms with van der Waals surface area (Å²) in [7, 11) is 0. The lowest BCUT2D eigenvalue weighted by molar-refractivity contribution is 0.0505. The minimum absolute atomic E-state index is 0.106. The third-order valence-corrected chi connectivity index (χ3v) is 4.24. The number of ether oxygens (including phenoxy) is 1. The van der Waals surface area contributed by atoms with Gasteiger partial charge in [-0.1, -0.05) is 15.9 Å². The van der Waals surface area contributed by atoms with E-state index in [-0.39, 0.29) is 24.0 Å². The summed E-state index contributed by atoms with van der Waals surface area (Å²) in [5.74, 6) is -0.206. The van der Waals surface area contributed by atoms with Gasteiger partial charge in [-0.15, -0.1) is 0 Å². The van der Waals surface area contributed by atoms with Crippen LogP contribution in [0.15, 0.2) is 22.7 Å². The number of nitrogens with one attached hydrogen (secondary N) is 2. The van der Waals surface area contributed by atoms with Crippen molar-refractivity contribution in [2.75, 3.05) is 0 Å². The zero-order chi connectivity index (χ0) is 17.0. The van der Waals surface area contributed by atoms with Gasteiger partial charge < -0.3 is 15.4 Å². The topological polar surface area (TPSA) is 50.4 Å². The number of carbonyl (C=O) groups excluding carboxylic acids is 1. The van der Waals surface area contributed by atoms with E-state index in [1.807, 2.05) is 20.8 Å². The SMILES string of the molecule is CC(C)(C)OC(=O)NC1CCC(NCc2cc(Br)ccc2F)C1. The molecule has 4 nitrogen and oxygen atoms in total. The molecule has 0 aromatic heterocycles. The molecule has 0 radical (unpaired) electrons. The Morgan fingerprint density at radius 3 is 2.74 bits per heavy atom. The van der Waals surface area contributed by atoms with E-state index < -0.39 is 5.60 Å². The maximum absolute atomic E-state index is 13.7. The van der Waals surface area contributed by atoms with Crippen molar-refractivity contribution in [3.8, 4) is 0 Å². The molecule has 1 aliphatic carbocycles. The van der Waals surface area contributed by atoms with Crippen molar-refractivity contribution in [1.82, 2.24) is 10.6 Å². The Morgan fingerprint density at radius 2 is 2.04 bits per heavy atom. The van der Waals surface area contributed by atoms with Crippen molar-refractivity contribution in [3.63, 3.8) is 0 Å². The Bertz CT molecular complexity index is 560. The standard InChI is InChI=1S/C17H24BrFN2O2/c1-17(2,3)23-16(22)21-14-6-5-13(9-14)20-10-11-8-12(18)4-7-15(11)19/h4,7-8,13-14,20H,5-6,9-10H2,1-3H3,(H,21,22). The fourth-order valence-corrected chi connectivity index (χ4v) is 3.11. The summed E-state index contributed by atoms with van der Waals surface area (Å²) in [5, 5.41) is 6.27. The number of alkyl carbamates (subject to hydrolysis) is 1. The molecule has 2 rings (SSSR count). The van der Waals surface area contributed by atoms with Gasteiger partial charge >= 0.3 is 6.09 Å². The molecule has 1 fully saturated rings. The second-order valence-electron chi connectivity index (χ2n) is 6.97. The van der Waals surface area contributed by atoms with Gasteiger partial charge in [-0.2, -0.15) is 0 Å². The van der Waals surface area contributed by atoms with E-state index in [1.54, 1.807) is 12.1 Å². The van der Waals surface area contributed by atoms with Gasteiger partial charge in [0.15, 0.2) is 0 Å². The lowest BCUT2D eigenvalue weighted by Gasteiger charge is -2.22. The van der Waals surface area contributed by atoms with Crippen LogP contribution in [-0.2, 0) is 11.3 Å². The molecule has 0 spiro atoms.